The number of azide groups is 1. The molecule has 11 nitrogen and oxygen atoms in total. The molecule has 0 saturated carbocycles. The molecule has 0 saturated heterocycles. The van der Waals surface area contributed by atoms with Crippen LogP contribution in [0, 0.1) is 0 Å². The molecule has 1 aliphatic heterocycles. The first-order valence-corrected chi connectivity index (χ1v) is 16.6. The summed E-state index contributed by atoms with van der Waals surface area (Å²) < 4.78 is 23.1. The van der Waals surface area contributed by atoms with Gasteiger partial charge >= 0.3 is 0 Å². The van der Waals surface area contributed by atoms with Crippen molar-refractivity contribution in [2.24, 2.45) is 5.11 Å². The lowest BCUT2D eigenvalue weighted by molar-refractivity contribution is 0.0166. The summed E-state index contributed by atoms with van der Waals surface area (Å²) in [6.45, 7) is 15.3. The van der Waals surface area contributed by atoms with Crippen molar-refractivity contribution >= 4 is 17.3 Å². The number of hydrogen-bond donors (Lipinski definition) is 1. The van der Waals surface area contributed by atoms with Crippen molar-refractivity contribution in [2.75, 3.05) is 88.7 Å². The fraction of sp³-hybridized carbons (Fsp3) is 0.472. The Labute approximate surface area is 278 Å². The summed E-state index contributed by atoms with van der Waals surface area (Å²) in [6, 6.07) is 20.7. The Bertz CT molecular complexity index is 1420. The monoisotopic (exact) mass is 644 g/mol. The number of carbonyl (C=O) groups excluding carboxylic acids is 1. The van der Waals surface area contributed by atoms with Crippen LogP contribution in [0.25, 0.3) is 10.4 Å². The molecule has 0 bridgehead atoms. The molecule has 1 N–H and O–H groups in total. The predicted octanol–water partition coefficient (Wildman–Crippen LogP) is 6.75. The lowest BCUT2D eigenvalue weighted by Crippen LogP contribution is -2.29. The lowest BCUT2D eigenvalue weighted by Gasteiger charge is -2.32. The molecular weight excluding hydrogens is 596 g/mol. The number of benzene rings is 3. The first kappa shape index (κ1) is 35.6. The van der Waals surface area contributed by atoms with Crippen molar-refractivity contribution in [3.05, 3.63) is 93.4 Å². The average Bonchev–Trinajstić information content (AvgIpc) is 3.10. The largest absolute Gasteiger partial charge is 0.457 e. The molecule has 3 aromatic carbocycles. The van der Waals surface area contributed by atoms with Crippen LogP contribution in [0.2, 0.25) is 0 Å². The minimum Gasteiger partial charge on any atom is -0.457 e. The van der Waals surface area contributed by atoms with Gasteiger partial charge in [-0.15, -0.1) is 0 Å². The van der Waals surface area contributed by atoms with Crippen molar-refractivity contribution in [3.63, 3.8) is 0 Å². The maximum absolute atomic E-state index is 13.6. The number of ether oxygens (including phenoxy) is 4. The summed E-state index contributed by atoms with van der Waals surface area (Å²) in [4.78, 5) is 20.9. The molecule has 0 spiro atoms. The van der Waals surface area contributed by atoms with Crippen LogP contribution in [0.5, 0.6) is 11.5 Å². The fourth-order valence-corrected chi connectivity index (χ4v) is 5.87. The van der Waals surface area contributed by atoms with Gasteiger partial charge in [0.15, 0.2) is 0 Å². The smallest absolute Gasteiger partial charge is 0.251 e. The number of rotatable bonds is 20. The molecular formula is C36H48N6O5. The number of hydrogen-bond acceptors (Lipinski definition) is 8. The normalized spacial score (nSPS) is 12.0. The van der Waals surface area contributed by atoms with Gasteiger partial charge in [-0.3, -0.25) is 4.79 Å². The molecule has 11 heteroatoms. The molecule has 0 radical (unpaired) electrons. The van der Waals surface area contributed by atoms with E-state index in [-0.39, 0.29) is 11.8 Å². The van der Waals surface area contributed by atoms with Gasteiger partial charge in [0.1, 0.15) is 11.5 Å². The first-order valence-electron chi connectivity index (χ1n) is 16.6. The van der Waals surface area contributed by atoms with Crippen molar-refractivity contribution in [1.82, 2.24) is 5.32 Å². The SMILES string of the molecule is CCN(CC)c1ccc2c(c1)Oc1cc(N(CC)CC)ccc1C2c1ccccc1C(=O)NCCOCCOCCOCCN=[N+]=[N-]. The molecule has 3 aromatic rings. The zero-order valence-electron chi connectivity index (χ0n) is 28.1. The van der Waals surface area contributed by atoms with E-state index < -0.39 is 0 Å². The van der Waals surface area contributed by atoms with Gasteiger partial charge < -0.3 is 34.1 Å². The molecule has 0 aromatic heterocycles. The number of nitrogens with one attached hydrogen (secondary N) is 1. The van der Waals surface area contributed by atoms with Crippen LogP contribution in [-0.2, 0) is 14.2 Å². The predicted molar refractivity (Wildman–Crippen MR) is 186 cm³/mol. The van der Waals surface area contributed by atoms with E-state index in [1.807, 2.05) is 24.3 Å². The summed E-state index contributed by atoms with van der Waals surface area (Å²) in [5.74, 6) is 1.31. The Hall–Kier alpha value is -4.28. The third kappa shape index (κ3) is 9.39. The Morgan fingerprint density at radius 2 is 1.30 bits per heavy atom. The van der Waals surface area contributed by atoms with Crippen LogP contribution in [0.3, 0.4) is 0 Å². The van der Waals surface area contributed by atoms with Crippen LogP contribution in [0.4, 0.5) is 11.4 Å². The maximum atomic E-state index is 13.6. The molecule has 4 rings (SSSR count). The summed E-state index contributed by atoms with van der Waals surface area (Å²) in [7, 11) is 0. The van der Waals surface area contributed by atoms with Crippen LogP contribution in [0.15, 0.2) is 65.8 Å². The second kappa shape index (κ2) is 18.8. The summed E-state index contributed by atoms with van der Waals surface area (Å²) in [5.41, 5.74) is 14.1. The minimum atomic E-state index is -0.177. The Morgan fingerprint density at radius 1 is 0.766 bits per heavy atom. The second-order valence-corrected chi connectivity index (χ2v) is 11.0. The van der Waals surface area contributed by atoms with E-state index in [9.17, 15) is 4.79 Å². The van der Waals surface area contributed by atoms with Gasteiger partial charge in [-0.25, -0.2) is 0 Å². The quantitative estimate of drug-likeness (QED) is 0.0489. The number of carbonyl (C=O) groups is 1. The van der Waals surface area contributed by atoms with E-state index in [2.05, 4.69) is 89.2 Å². The van der Waals surface area contributed by atoms with Crippen molar-refractivity contribution < 1.29 is 23.7 Å². The molecule has 0 unspecified atom stereocenters. The van der Waals surface area contributed by atoms with Gasteiger partial charge in [-0.2, -0.15) is 0 Å². The van der Waals surface area contributed by atoms with Gasteiger partial charge in [0.05, 0.1) is 39.6 Å². The van der Waals surface area contributed by atoms with Crippen molar-refractivity contribution in [2.45, 2.75) is 33.6 Å². The molecule has 47 heavy (non-hydrogen) atoms. The van der Waals surface area contributed by atoms with E-state index in [0.29, 0.717) is 58.3 Å². The summed E-state index contributed by atoms with van der Waals surface area (Å²) in [6.07, 6.45) is 0. The van der Waals surface area contributed by atoms with Crippen molar-refractivity contribution in [3.8, 4) is 11.5 Å². The average molecular weight is 645 g/mol. The van der Waals surface area contributed by atoms with Gasteiger partial charge in [0, 0.05) is 90.3 Å². The molecule has 252 valence electrons. The Morgan fingerprint density at radius 3 is 1.85 bits per heavy atom. The van der Waals surface area contributed by atoms with E-state index in [1.165, 1.54) is 0 Å². The zero-order valence-corrected chi connectivity index (χ0v) is 28.1. The van der Waals surface area contributed by atoms with E-state index in [0.717, 1.165) is 65.7 Å². The molecule has 0 aliphatic carbocycles. The van der Waals surface area contributed by atoms with Crippen LogP contribution >= 0.6 is 0 Å². The van der Waals surface area contributed by atoms with Crippen molar-refractivity contribution in [1.29, 1.82) is 0 Å². The molecule has 1 aliphatic rings. The summed E-state index contributed by atoms with van der Waals surface area (Å²) in [5, 5.41) is 6.45. The summed E-state index contributed by atoms with van der Waals surface area (Å²) >= 11 is 0. The lowest BCUT2D eigenvalue weighted by atomic mass is 9.80. The number of amides is 1. The van der Waals surface area contributed by atoms with Crippen LogP contribution in [0.1, 0.15) is 60.7 Å². The van der Waals surface area contributed by atoms with Gasteiger partial charge in [-0.05, 0) is 57.0 Å². The zero-order chi connectivity index (χ0) is 33.4. The fourth-order valence-electron chi connectivity index (χ4n) is 5.87. The number of nitrogens with zero attached hydrogens (tertiary/aromatic N) is 5. The maximum Gasteiger partial charge on any atom is 0.251 e. The van der Waals surface area contributed by atoms with Gasteiger partial charge in [-0.1, -0.05) is 35.4 Å². The Kier molecular flexibility index (Phi) is 14.2. The molecule has 0 fully saturated rings. The van der Waals surface area contributed by atoms with Crippen LogP contribution < -0.4 is 19.9 Å². The number of fused-ring (bicyclic) bond motifs is 2. The standard InChI is InChI=1S/C36H48N6O5/c1-5-41(6-2)27-13-15-31-33(25-27)47-34-26-28(42(7-3)8-4)14-16-32(34)35(31)29-11-9-10-12-30(29)36(43)38-17-19-44-21-23-46-24-22-45-20-18-39-40-37/h9-16,25-26,35H,5-8,17-24H2,1-4H3,(H,38,43). The second-order valence-electron chi connectivity index (χ2n) is 11.0. The third-order valence-corrected chi connectivity index (χ3v) is 8.28. The number of anilines is 2. The highest BCUT2D eigenvalue weighted by atomic mass is 16.5. The minimum absolute atomic E-state index is 0.146. The highest BCUT2D eigenvalue weighted by Gasteiger charge is 2.32. The van der Waals surface area contributed by atoms with Gasteiger partial charge in [0.2, 0.25) is 0 Å². The highest BCUT2D eigenvalue weighted by molar-refractivity contribution is 5.96. The van der Waals surface area contributed by atoms with E-state index in [1.54, 1.807) is 0 Å². The Balaban J connectivity index is 1.47. The topological polar surface area (TPSA) is 121 Å². The molecule has 0 atom stereocenters. The molecule has 1 heterocycles. The van der Waals surface area contributed by atoms with Crippen LogP contribution in [-0.4, -0.2) is 84.8 Å². The van der Waals surface area contributed by atoms with E-state index >= 15 is 0 Å². The first-order chi connectivity index (χ1) is 23.1. The highest BCUT2D eigenvalue weighted by Crippen LogP contribution is 2.50. The molecule has 1 amide bonds. The van der Waals surface area contributed by atoms with Gasteiger partial charge in [0.25, 0.3) is 5.91 Å². The van der Waals surface area contributed by atoms with E-state index in [4.69, 9.17) is 24.5 Å². The third-order valence-electron chi connectivity index (χ3n) is 8.28.